The van der Waals surface area contributed by atoms with Gasteiger partial charge in [0, 0.05) is 27.5 Å². The van der Waals surface area contributed by atoms with Crippen molar-refractivity contribution in [2.24, 2.45) is 0 Å². The minimum absolute atomic E-state index is 0.174. The summed E-state index contributed by atoms with van der Waals surface area (Å²) in [6, 6.07) is 26.4. The number of carbonyl (C=O) groups is 1. The van der Waals surface area contributed by atoms with Gasteiger partial charge in [-0.15, -0.1) is 0 Å². The number of aromatic carboxylic acids is 1. The molecule has 0 bridgehead atoms. The summed E-state index contributed by atoms with van der Waals surface area (Å²) in [4.78, 5) is 12.0. The van der Waals surface area contributed by atoms with Gasteiger partial charge in [0.05, 0.1) is 19.8 Å². The third-order valence-corrected chi connectivity index (χ3v) is 8.88. The Hall–Kier alpha value is -5.23. The predicted octanol–water partition coefficient (Wildman–Crippen LogP) is 7.92. The van der Waals surface area contributed by atoms with Crippen LogP contribution in [0.4, 0.5) is 0 Å². The summed E-state index contributed by atoms with van der Waals surface area (Å²) in [6.07, 6.45) is 4.20. The Morgan fingerprint density at radius 1 is 0.814 bits per heavy atom. The monoisotopic (exact) mass is 570 g/mol. The molecule has 0 fully saturated rings. The number of fused-ring (bicyclic) bond motifs is 8. The van der Waals surface area contributed by atoms with Gasteiger partial charge >= 0.3 is 5.97 Å². The molecule has 0 radical (unpaired) electrons. The molecule has 2 aliphatic rings. The first-order chi connectivity index (χ1) is 20.7. The van der Waals surface area contributed by atoms with E-state index in [1.54, 1.807) is 38.5 Å². The molecule has 5 aromatic carbocycles. The average molecular weight is 571 g/mol. The number of carboxylic acid groups (broad SMARTS) is 1. The molecule has 1 aliphatic carbocycles. The Bertz CT molecular complexity index is 1970. The lowest BCUT2D eigenvalue weighted by atomic mass is 9.76. The fourth-order valence-electron chi connectivity index (χ4n) is 6.81. The highest BCUT2D eigenvalue weighted by atomic mass is 16.5. The van der Waals surface area contributed by atoms with Crippen molar-refractivity contribution in [2.45, 2.75) is 24.9 Å². The smallest absolute Gasteiger partial charge is 0.335 e. The van der Waals surface area contributed by atoms with Crippen molar-refractivity contribution in [2.75, 3.05) is 14.2 Å². The summed E-state index contributed by atoms with van der Waals surface area (Å²) in [5.41, 5.74) is 5.47. The molecule has 0 amide bonds. The van der Waals surface area contributed by atoms with Crippen LogP contribution in [-0.4, -0.2) is 30.4 Å². The van der Waals surface area contributed by atoms with Gasteiger partial charge in [-0.25, -0.2) is 4.79 Å². The lowest BCUT2D eigenvalue weighted by molar-refractivity contribution is 0.0696. The number of benzene rings is 5. The van der Waals surface area contributed by atoms with Crippen LogP contribution in [0.5, 0.6) is 23.0 Å². The number of phenols is 1. The average Bonchev–Trinajstić information content (AvgIpc) is 3.27. The number of methoxy groups -OCH3 is 2. The van der Waals surface area contributed by atoms with E-state index in [9.17, 15) is 15.0 Å². The van der Waals surface area contributed by atoms with Crippen molar-refractivity contribution >= 4 is 22.8 Å². The molecule has 0 aromatic heterocycles. The molecule has 6 heteroatoms. The van der Waals surface area contributed by atoms with Crippen molar-refractivity contribution in [3.8, 4) is 34.1 Å². The normalized spacial score (nSPS) is 17.5. The lowest BCUT2D eigenvalue weighted by Gasteiger charge is -2.38. The second-order valence-corrected chi connectivity index (χ2v) is 11.5. The maximum absolute atomic E-state index is 12.0. The Kier molecular flexibility index (Phi) is 5.82. The molecule has 1 unspecified atom stereocenters. The molecule has 214 valence electrons. The summed E-state index contributed by atoms with van der Waals surface area (Å²) in [5, 5.41) is 21.7. The van der Waals surface area contributed by atoms with E-state index in [1.807, 2.05) is 60.7 Å². The van der Waals surface area contributed by atoms with Crippen molar-refractivity contribution in [1.82, 2.24) is 0 Å². The van der Waals surface area contributed by atoms with Gasteiger partial charge in [0.15, 0.2) is 17.1 Å². The number of carboxylic acids is 1. The molecular weight excluding hydrogens is 540 g/mol. The maximum Gasteiger partial charge on any atom is 0.335 e. The van der Waals surface area contributed by atoms with Crippen LogP contribution in [0.25, 0.3) is 28.0 Å². The Morgan fingerprint density at radius 2 is 1.47 bits per heavy atom. The van der Waals surface area contributed by atoms with Crippen molar-refractivity contribution in [3.05, 3.63) is 124 Å². The summed E-state index contributed by atoms with van der Waals surface area (Å²) in [6.45, 7) is 4.26. The molecule has 7 rings (SSSR count). The topological polar surface area (TPSA) is 85.2 Å². The predicted molar refractivity (Wildman–Crippen MR) is 167 cm³/mol. The largest absolute Gasteiger partial charge is 0.508 e. The van der Waals surface area contributed by atoms with E-state index in [-0.39, 0.29) is 11.3 Å². The van der Waals surface area contributed by atoms with Crippen LogP contribution in [0.2, 0.25) is 0 Å². The molecule has 6 nitrogen and oxygen atoms in total. The minimum atomic E-state index is -0.984. The first-order valence-electron chi connectivity index (χ1n) is 14.1. The first kappa shape index (κ1) is 26.7. The summed E-state index contributed by atoms with van der Waals surface area (Å²) >= 11 is 0. The SMILES string of the molecule is COc1cc2c3c(c4c(c2cc1OC)-c1ccc(C(=O)O)cc1C4(C)C)C=CC(c1ccccc1)(c1ccc(O)cc1)O3. The quantitative estimate of drug-likeness (QED) is 0.223. The number of phenolic OH excluding ortho intramolecular Hbond substituents is 1. The molecule has 1 atom stereocenters. The third kappa shape index (κ3) is 3.76. The van der Waals surface area contributed by atoms with E-state index in [4.69, 9.17) is 14.2 Å². The van der Waals surface area contributed by atoms with Crippen molar-refractivity contribution in [1.29, 1.82) is 0 Å². The molecule has 2 N–H and O–H groups in total. The Labute approximate surface area is 249 Å². The minimum Gasteiger partial charge on any atom is -0.508 e. The second kappa shape index (κ2) is 9.39. The van der Waals surface area contributed by atoms with Crippen LogP contribution in [0.1, 0.15) is 52.0 Å². The lowest BCUT2D eigenvalue weighted by Crippen LogP contribution is -2.35. The third-order valence-electron chi connectivity index (χ3n) is 8.88. The van der Waals surface area contributed by atoms with Gasteiger partial charge in [-0.3, -0.25) is 0 Å². The van der Waals surface area contributed by atoms with Gasteiger partial charge in [0.1, 0.15) is 11.5 Å². The maximum atomic E-state index is 12.0. The van der Waals surface area contributed by atoms with Gasteiger partial charge in [-0.2, -0.15) is 0 Å². The van der Waals surface area contributed by atoms with Crippen LogP contribution >= 0.6 is 0 Å². The van der Waals surface area contributed by atoms with E-state index in [1.165, 1.54) is 0 Å². The fraction of sp³-hybridized carbons (Fsp3) is 0.162. The van der Waals surface area contributed by atoms with Gasteiger partial charge in [-0.1, -0.05) is 68.5 Å². The molecule has 0 saturated heterocycles. The second-order valence-electron chi connectivity index (χ2n) is 11.5. The zero-order valence-electron chi connectivity index (χ0n) is 24.3. The van der Waals surface area contributed by atoms with Crippen LogP contribution < -0.4 is 14.2 Å². The van der Waals surface area contributed by atoms with Gasteiger partial charge in [0.2, 0.25) is 0 Å². The fourth-order valence-corrected chi connectivity index (χ4v) is 6.81. The first-order valence-corrected chi connectivity index (χ1v) is 14.1. The molecule has 1 aliphatic heterocycles. The van der Waals surface area contributed by atoms with Gasteiger partial charge < -0.3 is 24.4 Å². The number of aromatic hydroxyl groups is 1. The molecular formula is C37H30O6. The zero-order valence-corrected chi connectivity index (χ0v) is 24.3. The molecule has 0 spiro atoms. The van der Waals surface area contributed by atoms with E-state index in [2.05, 4.69) is 26.0 Å². The Balaban J connectivity index is 1.59. The highest BCUT2D eigenvalue weighted by Gasteiger charge is 2.44. The molecule has 43 heavy (non-hydrogen) atoms. The van der Waals surface area contributed by atoms with Crippen LogP contribution in [-0.2, 0) is 11.0 Å². The van der Waals surface area contributed by atoms with E-state index < -0.39 is 17.0 Å². The number of hydrogen-bond acceptors (Lipinski definition) is 5. The van der Waals surface area contributed by atoms with Crippen LogP contribution in [0.3, 0.4) is 0 Å². The van der Waals surface area contributed by atoms with Gasteiger partial charge in [0.25, 0.3) is 0 Å². The number of hydrogen-bond donors (Lipinski definition) is 2. The summed E-state index contributed by atoms with van der Waals surface area (Å²) in [7, 11) is 3.23. The molecule has 5 aromatic rings. The van der Waals surface area contributed by atoms with E-state index in [0.717, 1.165) is 49.7 Å². The summed E-state index contributed by atoms with van der Waals surface area (Å²) in [5.74, 6) is 1.06. The standard InChI is InChI=1S/C37H30O6/c1-36(2)29-18-21(35(39)40)10-15-25(29)32-27-19-30(41-3)31(42-4)20-28(27)34-26(33(32)36)16-17-37(43-34,22-8-6-5-7-9-22)23-11-13-24(38)14-12-23/h5-20,38H,1-4H3,(H,39,40). The van der Waals surface area contributed by atoms with E-state index >= 15 is 0 Å². The number of rotatable bonds is 5. The Morgan fingerprint density at radius 3 is 2.12 bits per heavy atom. The van der Waals surface area contributed by atoms with Gasteiger partial charge in [-0.05, 0) is 70.1 Å². The highest BCUT2D eigenvalue weighted by molar-refractivity contribution is 6.10. The van der Waals surface area contributed by atoms with E-state index in [0.29, 0.717) is 17.2 Å². The number of ether oxygens (including phenoxy) is 3. The van der Waals surface area contributed by atoms with Crippen LogP contribution in [0, 0.1) is 0 Å². The van der Waals surface area contributed by atoms with Crippen molar-refractivity contribution < 1.29 is 29.2 Å². The molecule has 1 heterocycles. The zero-order chi connectivity index (χ0) is 30.1. The van der Waals surface area contributed by atoms with Crippen molar-refractivity contribution in [3.63, 3.8) is 0 Å². The highest BCUT2D eigenvalue weighted by Crippen LogP contribution is 2.59. The summed E-state index contributed by atoms with van der Waals surface area (Å²) < 4.78 is 18.7. The van der Waals surface area contributed by atoms with Crippen LogP contribution in [0.15, 0.2) is 91.0 Å². The molecule has 0 saturated carbocycles.